The molecule has 0 saturated carbocycles. The topological polar surface area (TPSA) is 468 Å². The van der Waals surface area contributed by atoms with Gasteiger partial charge in [0.05, 0.1) is 12.9 Å². The summed E-state index contributed by atoms with van der Waals surface area (Å²) in [5, 5.41) is 45.4. The van der Waals surface area contributed by atoms with Crippen molar-refractivity contribution in [3.63, 3.8) is 0 Å². The van der Waals surface area contributed by atoms with Crippen molar-refractivity contribution in [2.45, 2.75) is 159 Å². The number of nitrogens with two attached hydrogens (primary N) is 6. The zero-order valence-electron chi connectivity index (χ0n) is 43.8. The number of imidazole rings is 1. The largest absolute Gasteiger partial charge is 0.480 e. The lowest BCUT2D eigenvalue weighted by molar-refractivity contribution is -0.139. The number of anilines is 1. The fourth-order valence-electron chi connectivity index (χ4n) is 8.96. The third-order valence-corrected chi connectivity index (χ3v) is 13.7. The number of nitrogen functional groups attached to an aromatic ring is 1. The van der Waals surface area contributed by atoms with Crippen LogP contribution in [0.25, 0.3) is 11.2 Å². The molecule has 426 valence electrons. The Balaban J connectivity index is 1.32. The van der Waals surface area contributed by atoms with E-state index in [1.54, 1.807) is 6.92 Å². The van der Waals surface area contributed by atoms with Crippen molar-refractivity contribution in [1.29, 1.82) is 0 Å². The molecular formula is C47H82N18O11. The number of carboxylic acids is 1. The summed E-state index contributed by atoms with van der Waals surface area (Å²) in [5.41, 5.74) is 34.5. The van der Waals surface area contributed by atoms with Crippen molar-refractivity contribution in [1.82, 2.24) is 55.9 Å². The summed E-state index contributed by atoms with van der Waals surface area (Å²) in [6, 6.07) is -6.38. The molecule has 0 spiro atoms. The molecule has 2 fully saturated rings. The third kappa shape index (κ3) is 18.4. The number of carbonyl (C=O) groups excluding carboxylic acids is 6. The number of ether oxygens (including phenoxy) is 1. The number of guanidine groups is 1. The number of hydrogen-bond donors (Lipinski definition) is 14. The molecule has 76 heavy (non-hydrogen) atoms. The van der Waals surface area contributed by atoms with E-state index in [1.807, 2.05) is 11.8 Å². The molecule has 2 aliphatic rings. The van der Waals surface area contributed by atoms with Crippen LogP contribution in [-0.2, 0) is 38.3 Å². The third-order valence-electron chi connectivity index (χ3n) is 13.7. The zero-order valence-corrected chi connectivity index (χ0v) is 43.8. The highest BCUT2D eigenvalue weighted by atomic mass is 16.6. The van der Waals surface area contributed by atoms with Gasteiger partial charge in [-0.1, -0.05) is 26.7 Å². The maximum atomic E-state index is 14.1. The Morgan fingerprint density at radius 2 is 1.58 bits per heavy atom. The zero-order chi connectivity index (χ0) is 56.1. The number of aliphatic carboxylic acids is 1. The lowest BCUT2D eigenvalue weighted by atomic mass is 9.97. The van der Waals surface area contributed by atoms with Crippen molar-refractivity contribution in [3.05, 3.63) is 12.7 Å². The number of hydrogen-bond acceptors (Lipinski definition) is 19. The molecule has 0 aliphatic carbocycles. The predicted octanol–water partition coefficient (Wildman–Crippen LogP) is -4.44. The van der Waals surface area contributed by atoms with Crippen LogP contribution in [0.2, 0.25) is 0 Å². The summed E-state index contributed by atoms with van der Waals surface area (Å²) in [6.45, 7) is 7.10. The van der Waals surface area contributed by atoms with Gasteiger partial charge in [0.15, 0.2) is 23.7 Å². The number of aromatic nitrogens is 4. The summed E-state index contributed by atoms with van der Waals surface area (Å²) in [5.74, 6) is -5.13. The van der Waals surface area contributed by atoms with E-state index in [-0.39, 0.29) is 75.5 Å². The molecule has 0 radical (unpaired) electrons. The van der Waals surface area contributed by atoms with Crippen LogP contribution in [0.5, 0.6) is 0 Å². The fraction of sp³-hybridized carbons (Fsp3) is 0.723. The second kappa shape index (κ2) is 31.0. The van der Waals surface area contributed by atoms with Crippen LogP contribution in [0.15, 0.2) is 17.6 Å². The molecule has 29 nitrogen and oxygen atoms in total. The average molecular weight is 1080 g/mol. The van der Waals surface area contributed by atoms with E-state index in [0.717, 1.165) is 0 Å². The van der Waals surface area contributed by atoms with Crippen LogP contribution in [0.4, 0.5) is 5.82 Å². The number of carbonyl (C=O) groups is 7. The van der Waals surface area contributed by atoms with Gasteiger partial charge in [-0.05, 0) is 96.7 Å². The second-order valence-corrected chi connectivity index (χ2v) is 19.5. The molecule has 2 aromatic heterocycles. The first-order valence-electron chi connectivity index (χ1n) is 26.1. The van der Waals surface area contributed by atoms with Gasteiger partial charge in [-0.3, -0.25) is 43.1 Å². The van der Waals surface area contributed by atoms with E-state index in [0.29, 0.717) is 88.7 Å². The summed E-state index contributed by atoms with van der Waals surface area (Å²) in [6.07, 6.45) is 3.15. The highest BCUT2D eigenvalue weighted by Gasteiger charge is 2.45. The summed E-state index contributed by atoms with van der Waals surface area (Å²) in [7, 11) is 0. The second-order valence-electron chi connectivity index (χ2n) is 19.5. The number of aliphatic imine (C=N–C) groups is 1. The molecule has 29 heteroatoms. The number of likely N-dealkylation sites (tertiary alicyclic amines) is 1. The number of rotatable bonds is 34. The van der Waals surface area contributed by atoms with E-state index < -0.39 is 96.3 Å². The first-order valence-corrected chi connectivity index (χ1v) is 26.1. The Morgan fingerprint density at radius 1 is 0.868 bits per heavy atom. The number of aliphatic hydroxyl groups is 2. The minimum atomic E-state index is -1.34. The highest BCUT2D eigenvalue weighted by molar-refractivity contribution is 5.96. The summed E-state index contributed by atoms with van der Waals surface area (Å²) >= 11 is 0. The summed E-state index contributed by atoms with van der Waals surface area (Å²) < 4.78 is 7.61. The van der Waals surface area contributed by atoms with Gasteiger partial charge in [0.1, 0.15) is 66.4 Å². The van der Waals surface area contributed by atoms with Crippen LogP contribution in [-0.4, -0.2) is 199 Å². The van der Waals surface area contributed by atoms with Crippen LogP contribution in [0.3, 0.4) is 0 Å². The molecule has 11 atom stereocenters. The van der Waals surface area contributed by atoms with Gasteiger partial charge in [-0.2, -0.15) is 0 Å². The molecule has 4 rings (SSSR count). The predicted molar refractivity (Wildman–Crippen MR) is 279 cm³/mol. The molecule has 0 bridgehead atoms. The van der Waals surface area contributed by atoms with Crippen LogP contribution in [0, 0.1) is 5.92 Å². The van der Waals surface area contributed by atoms with Crippen LogP contribution >= 0.6 is 0 Å². The molecule has 0 aromatic carbocycles. The number of aliphatic hydroxyl groups excluding tert-OH is 2. The van der Waals surface area contributed by atoms with Gasteiger partial charge in [-0.25, -0.2) is 15.0 Å². The van der Waals surface area contributed by atoms with Crippen molar-refractivity contribution in [3.8, 4) is 0 Å². The van der Waals surface area contributed by atoms with Gasteiger partial charge in [0.2, 0.25) is 35.4 Å². The van der Waals surface area contributed by atoms with E-state index in [9.17, 15) is 48.9 Å². The van der Waals surface area contributed by atoms with Gasteiger partial charge < -0.3 is 90.8 Å². The van der Waals surface area contributed by atoms with Gasteiger partial charge in [0.25, 0.3) is 0 Å². The molecule has 0 unspecified atom stereocenters. The molecule has 2 aromatic rings. The molecule has 2 saturated heterocycles. The molecule has 2 aliphatic heterocycles. The Morgan fingerprint density at radius 3 is 2.26 bits per heavy atom. The maximum absolute atomic E-state index is 14.1. The smallest absolute Gasteiger partial charge is 0.320 e. The maximum Gasteiger partial charge on any atom is 0.320 e. The van der Waals surface area contributed by atoms with E-state index >= 15 is 0 Å². The normalized spacial score (nSPS) is 20.8. The summed E-state index contributed by atoms with van der Waals surface area (Å²) in [4.78, 5) is 112. The van der Waals surface area contributed by atoms with Crippen molar-refractivity contribution < 1.29 is 53.6 Å². The van der Waals surface area contributed by atoms with Crippen molar-refractivity contribution in [2.75, 3.05) is 58.1 Å². The Kier molecular flexibility index (Phi) is 25.4. The quantitative estimate of drug-likeness (QED) is 0.0179. The Hall–Kier alpha value is -6.37. The molecular weight excluding hydrogens is 993 g/mol. The van der Waals surface area contributed by atoms with Gasteiger partial charge in [-0.15, -0.1) is 0 Å². The first-order chi connectivity index (χ1) is 36.2. The van der Waals surface area contributed by atoms with E-state index in [2.05, 4.69) is 46.5 Å². The number of carboxylic acid groups (broad SMARTS) is 1. The van der Waals surface area contributed by atoms with Crippen LogP contribution < -0.4 is 61.0 Å². The standard InChI is InChI=1S/C47H82N18O11/c1-4-26(2)34(44(73)59-27(3)39(51)69)62-42(71)30(13-10-18-55-47(52)53)60-41(70)29(12-6-7-16-48)61-43(72)31-14-11-20-64(31)33(66)22-54-17-8-5-9-19-63(21-15-28(49)46(74)75)23-32-36(67)37(68)45(76-32)65-25-58-35-38(50)56-24-57-40(35)65/h24-32,34,36-37,45,54,67-68H,4-23,48-49H2,1-3H3,(H2,51,69)(H,59,73)(H,60,70)(H,61,72)(H,62,71)(H,74,75)(H2,50,56,57)(H4,52,53,55)/t26-,27-,28-,29-,30-,31-,32+,34-,36+,37+,45+/m0/s1. The number of primary amides is 1. The van der Waals surface area contributed by atoms with Gasteiger partial charge in [0, 0.05) is 26.2 Å². The highest BCUT2D eigenvalue weighted by Crippen LogP contribution is 2.32. The SMILES string of the molecule is CC[C@H](C)[C@H](NC(=O)[C@H](CCCN=C(N)N)NC(=O)[C@H](CCCCN)NC(=O)[C@@H]1CCCN1C(=O)CNCCCCCN(CC[C@H](N)C(=O)O)C[C@H]1O[C@@H](n2cnc3c(N)ncnc32)[C@H](O)[C@@H]1O)C(=O)N[C@@H](C)C(N)=O. The van der Waals surface area contributed by atoms with Crippen LogP contribution in [0.1, 0.15) is 104 Å². The van der Waals surface area contributed by atoms with Crippen molar-refractivity contribution >= 4 is 64.4 Å². The number of fused-ring (bicyclic) bond motifs is 1. The first kappa shape index (κ1) is 62.2. The molecule has 4 heterocycles. The fourth-order valence-corrected chi connectivity index (χ4v) is 8.96. The minimum Gasteiger partial charge on any atom is -0.480 e. The van der Waals surface area contributed by atoms with Crippen molar-refractivity contribution in [2.24, 2.45) is 39.6 Å². The number of nitrogens with one attached hydrogen (secondary N) is 5. The number of amides is 6. The van der Waals surface area contributed by atoms with Gasteiger partial charge >= 0.3 is 5.97 Å². The molecule has 20 N–H and O–H groups in total. The Labute approximate surface area is 441 Å². The number of nitrogens with zero attached hydrogens (tertiary/aromatic N) is 7. The lowest BCUT2D eigenvalue weighted by Crippen LogP contribution is -2.59. The molecule has 6 amide bonds. The average Bonchev–Trinajstić information content (AvgIpc) is 4.12. The van der Waals surface area contributed by atoms with E-state index in [1.165, 1.54) is 29.0 Å². The lowest BCUT2D eigenvalue weighted by Gasteiger charge is -2.29. The number of unbranched alkanes of at least 4 members (excludes halogenated alkanes) is 3. The van der Waals surface area contributed by atoms with E-state index in [4.69, 9.17) is 39.1 Å². The minimum absolute atomic E-state index is 0.0532. The monoisotopic (exact) mass is 1070 g/mol. The Bertz CT molecular complexity index is 2270.